The standard InChI is InChI=1S/C12H8ClN7S/c13-5-1-2-6-7(3-5)21-12(17-6)20-10-8-9(16-4-15-8)18-11(14)19-10/h1-4H,(H4,14,15,16,17,18,19,20). The number of nitrogens with two attached hydrogens (primary N) is 1. The largest absolute Gasteiger partial charge is 0.368 e. The molecule has 3 heterocycles. The van der Waals surface area contributed by atoms with Crippen LogP contribution in [0.1, 0.15) is 0 Å². The fourth-order valence-corrected chi connectivity index (χ4v) is 3.13. The molecule has 0 spiro atoms. The van der Waals surface area contributed by atoms with Crippen molar-refractivity contribution in [3.05, 3.63) is 29.5 Å². The molecule has 4 N–H and O–H groups in total. The van der Waals surface area contributed by atoms with E-state index < -0.39 is 0 Å². The number of nitrogens with one attached hydrogen (secondary N) is 2. The molecule has 0 bridgehead atoms. The van der Waals surface area contributed by atoms with E-state index in [1.807, 2.05) is 18.2 Å². The van der Waals surface area contributed by atoms with Crippen LogP contribution in [0.2, 0.25) is 5.02 Å². The number of hydrogen-bond acceptors (Lipinski definition) is 7. The molecule has 9 heteroatoms. The molecule has 21 heavy (non-hydrogen) atoms. The van der Waals surface area contributed by atoms with Gasteiger partial charge in [0.1, 0.15) is 5.52 Å². The molecule has 0 radical (unpaired) electrons. The van der Waals surface area contributed by atoms with Crippen LogP contribution < -0.4 is 11.1 Å². The van der Waals surface area contributed by atoms with Gasteiger partial charge < -0.3 is 16.0 Å². The Morgan fingerprint density at radius 2 is 2.14 bits per heavy atom. The summed E-state index contributed by atoms with van der Waals surface area (Å²) in [6, 6.07) is 5.56. The first-order valence-electron chi connectivity index (χ1n) is 5.99. The Labute approximate surface area is 127 Å². The second kappa shape index (κ2) is 4.54. The van der Waals surface area contributed by atoms with Crippen molar-refractivity contribution in [2.45, 2.75) is 0 Å². The number of nitrogens with zero attached hydrogens (tertiary/aromatic N) is 4. The third-order valence-corrected chi connectivity index (χ3v) is 4.05. The molecule has 0 fully saturated rings. The van der Waals surface area contributed by atoms with Crippen LogP contribution in [0.4, 0.5) is 16.9 Å². The number of nitrogen functional groups attached to an aromatic ring is 1. The molecule has 104 valence electrons. The van der Waals surface area contributed by atoms with Crippen LogP contribution in [-0.4, -0.2) is 24.9 Å². The van der Waals surface area contributed by atoms with Crippen LogP contribution in [0.25, 0.3) is 21.4 Å². The zero-order chi connectivity index (χ0) is 14.4. The number of anilines is 3. The highest BCUT2D eigenvalue weighted by molar-refractivity contribution is 7.22. The first-order valence-corrected chi connectivity index (χ1v) is 7.18. The van der Waals surface area contributed by atoms with Gasteiger partial charge in [0.05, 0.1) is 16.5 Å². The number of rotatable bonds is 2. The molecule has 4 rings (SSSR count). The van der Waals surface area contributed by atoms with Crippen molar-refractivity contribution >= 4 is 61.2 Å². The number of benzene rings is 1. The molecule has 0 amide bonds. The van der Waals surface area contributed by atoms with Gasteiger partial charge in [0.15, 0.2) is 16.6 Å². The maximum Gasteiger partial charge on any atom is 0.224 e. The molecule has 0 saturated heterocycles. The van der Waals surface area contributed by atoms with E-state index in [0.29, 0.717) is 27.1 Å². The lowest BCUT2D eigenvalue weighted by Gasteiger charge is -2.02. The number of halogens is 1. The third kappa shape index (κ3) is 2.14. The molecule has 7 nitrogen and oxygen atoms in total. The predicted molar refractivity (Wildman–Crippen MR) is 84.0 cm³/mol. The van der Waals surface area contributed by atoms with E-state index in [0.717, 1.165) is 10.2 Å². The summed E-state index contributed by atoms with van der Waals surface area (Å²) in [6.45, 7) is 0. The highest BCUT2D eigenvalue weighted by atomic mass is 35.5. The highest BCUT2D eigenvalue weighted by Gasteiger charge is 2.11. The predicted octanol–water partition coefficient (Wildman–Crippen LogP) is 2.94. The van der Waals surface area contributed by atoms with E-state index in [1.165, 1.54) is 11.3 Å². The molecule has 1 aromatic carbocycles. The number of fused-ring (bicyclic) bond motifs is 2. The Morgan fingerprint density at radius 3 is 3.05 bits per heavy atom. The van der Waals surface area contributed by atoms with Crippen molar-refractivity contribution in [2.75, 3.05) is 11.1 Å². The molecule has 0 aliphatic rings. The van der Waals surface area contributed by atoms with E-state index in [4.69, 9.17) is 17.3 Å². The Hall–Kier alpha value is -2.45. The topological polar surface area (TPSA) is 105 Å². The van der Waals surface area contributed by atoms with Gasteiger partial charge in [-0.3, -0.25) is 0 Å². The summed E-state index contributed by atoms with van der Waals surface area (Å²) in [4.78, 5) is 19.8. The molecule has 0 atom stereocenters. The van der Waals surface area contributed by atoms with Crippen LogP contribution in [0.5, 0.6) is 0 Å². The van der Waals surface area contributed by atoms with Gasteiger partial charge >= 0.3 is 0 Å². The summed E-state index contributed by atoms with van der Waals surface area (Å²) in [5.74, 6) is 0.696. The van der Waals surface area contributed by atoms with Gasteiger partial charge in [-0.1, -0.05) is 22.9 Å². The second-order valence-electron chi connectivity index (χ2n) is 4.29. The van der Waals surface area contributed by atoms with Crippen LogP contribution in [-0.2, 0) is 0 Å². The van der Waals surface area contributed by atoms with Crippen LogP contribution in [0.3, 0.4) is 0 Å². The van der Waals surface area contributed by atoms with Crippen molar-refractivity contribution in [1.29, 1.82) is 0 Å². The zero-order valence-electron chi connectivity index (χ0n) is 10.5. The summed E-state index contributed by atoms with van der Waals surface area (Å²) >= 11 is 7.46. The van der Waals surface area contributed by atoms with Gasteiger partial charge in [-0.25, -0.2) is 9.97 Å². The van der Waals surface area contributed by atoms with Gasteiger partial charge in [-0.15, -0.1) is 0 Å². The lowest BCUT2D eigenvalue weighted by Crippen LogP contribution is -2.01. The van der Waals surface area contributed by atoms with Gasteiger partial charge in [-0.2, -0.15) is 9.97 Å². The fourth-order valence-electron chi connectivity index (χ4n) is 1.99. The highest BCUT2D eigenvalue weighted by Crippen LogP contribution is 2.31. The monoisotopic (exact) mass is 317 g/mol. The van der Waals surface area contributed by atoms with Gasteiger partial charge in [0, 0.05) is 5.02 Å². The minimum Gasteiger partial charge on any atom is -0.368 e. The molecule has 3 aromatic heterocycles. The maximum absolute atomic E-state index is 5.98. The van der Waals surface area contributed by atoms with Gasteiger partial charge in [-0.05, 0) is 18.2 Å². The first kappa shape index (κ1) is 12.3. The van der Waals surface area contributed by atoms with Crippen molar-refractivity contribution in [3.63, 3.8) is 0 Å². The van der Waals surface area contributed by atoms with Crippen molar-refractivity contribution in [3.8, 4) is 0 Å². The summed E-state index contributed by atoms with van der Waals surface area (Å²) < 4.78 is 0.993. The summed E-state index contributed by atoms with van der Waals surface area (Å²) in [5, 5.41) is 4.52. The van der Waals surface area contributed by atoms with E-state index in [9.17, 15) is 0 Å². The molecular weight excluding hydrogens is 310 g/mol. The average molecular weight is 318 g/mol. The quantitative estimate of drug-likeness (QED) is 0.525. The summed E-state index contributed by atoms with van der Waals surface area (Å²) in [6.07, 6.45) is 1.54. The number of H-pyrrole nitrogens is 1. The Bertz CT molecular complexity index is 961. The molecular formula is C12H8ClN7S. The van der Waals surface area contributed by atoms with E-state index in [2.05, 4.69) is 30.2 Å². The normalized spacial score (nSPS) is 11.3. The average Bonchev–Trinajstić information content (AvgIpc) is 3.03. The first-order chi connectivity index (χ1) is 10.2. The molecule has 0 unspecified atom stereocenters. The number of thiazole rings is 1. The van der Waals surface area contributed by atoms with Gasteiger partial charge in [0.2, 0.25) is 5.95 Å². The summed E-state index contributed by atoms with van der Waals surface area (Å²) in [7, 11) is 0. The fraction of sp³-hybridized carbons (Fsp3) is 0. The number of aromatic nitrogens is 5. The minimum atomic E-state index is 0.154. The van der Waals surface area contributed by atoms with E-state index in [1.54, 1.807) is 6.33 Å². The van der Waals surface area contributed by atoms with Crippen LogP contribution >= 0.6 is 22.9 Å². The van der Waals surface area contributed by atoms with Crippen molar-refractivity contribution in [1.82, 2.24) is 24.9 Å². The zero-order valence-corrected chi connectivity index (χ0v) is 12.0. The molecule has 0 aliphatic carbocycles. The smallest absolute Gasteiger partial charge is 0.224 e. The Balaban J connectivity index is 1.80. The third-order valence-electron chi connectivity index (χ3n) is 2.88. The number of hydrogen-bond donors (Lipinski definition) is 3. The lowest BCUT2D eigenvalue weighted by atomic mass is 10.3. The number of imidazole rings is 1. The lowest BCUT2D eigenvalue weighted by molar-refractivity contribution is 1.21. The summed E-state index contributed by atoms with van der Waals surface area (Å²) in [5.41, 5.74) is 7.74. The van der Waals surface area contributed by atoms with Crippen molar-refractivity contribution < 1.29 is 0 Å². The van der Waals surface area contributed by atoms with E-state index in [-0.39, 0.29) is 5.95 Å². The van der Waals surface area contributed by atoms with Crippen LogP contribution in [0.15, 0.2) is 24.5 Å². The van der Waals surface area contributed by atoms with Gasteiger partial charge in [0.25, 0.3) is 0 Å². The minimum absolute atomic E-state index is 0.154. The Kier molecular flexibility index (Phi) is 2.66. The number of aromatic amines is 1. The molecule has 0 aliphatic heterocycles. The molecule has 0 saturated carbocycles. The van der Waals surface area contributed by atoms with Crippen LogP contribution in [0, 0.1) is 0 Å². The van der Waals surface area contributed by atoms with Crippen molar-refractivity contribution in [2.24, 2.45) is 0 Å². The maximum atomic E-state index is 5.98. The second-order valence-corrected chi connectivity index (χ2v) is 5.75. The Morgan fingerprint density at radius 1 is 1.24 bits per heavy atom. The van der Waals surface area contributed by atoms with E-state index >= 15 is 0 Å². The SMILES string of the molecule is Nc1nc(Nc2nc3ccc(Cl)cc3s2)c2[nH]cnc2n1. The molecule has 4 aromatic rings.